The van der Waals surface area contributed by atoms with Crippen molar-refractivity contribution in [1.82, 2.24) is 5.32 Å². The number of anilines is 1. The second kappa shape index (κ2) is 9.25. The van der Waals surface area contributed by atoms with Crippen molar-refractivity contribution in [3.8, 4) is 5.75 Å². The van der Waals surface area contributed by atoms with Gasteiger partial charge in [-0.25, -0.2) is 8.42 Å². The van der Waals surface area contributed by atoms with E-state index in [-0.39, 0.29) is 17.4 Å². The zero-order chi connectivity index (χ0) is 20.7. The monoisotopic (exact) mass is 410 g/mol. The smallest absolute Gasteiger partial charge is 0.261 e. The van der Waals surface area contributed by atoms with Crippen LogP contribution in [0.5, 0.6) is 5.75 Å². The summed E-state index contributed by atoms with van der Waals surface area (Å²) in [5.74, 6) is 0.154. The van der Waals surface area contributed by atoms with E-state index in [0.717, 1.165) is 11.1 Å². The molecule has 150 valence electrons. The molecule has 0 atom stereocenters. The van der Waals surface area contributed by atoms with Crippen molar-refractivity contribution in [3.05, 3.63) is 90.0 Å². The molecule has 0 fully saturated rings. The number of nitrogens with one attached hydrogen (secondary N) is 2. The van der Waals surface area contributed by atoms with Crippen molar-refractivity contribution in [2.75, 3.05) is 11.3 Å². The van der Waals surface area contributed by atoms with E-state index in [0.29, 0.717) is 18.0 Å². The van der Waals surface area contributed by atoms with Gasteiger partial charge in [0.25, 0.3) is 15.9 Å². The SMILES string of the molecule is Cc1ccccc1NS(=O)(=O)c1ccc(OCC(=O)NCc2ccccc2)cc1. The number of carbonyl (C=O) groups excluding carboxylic acids is 1. The van der Waals surface area contributed by atoms with E-state index in [1.54, 1.807) is 12.1 Å². The largest absolute Gasteiger partial charge is 0.484 e. The molecule has 1 amide bonds. The molecule has 0 radical (unpaired) electrons. The summed E-state index contributed by atoms with van der Waals surface area (Å²) in [7, 11) is -3.71. The molecule has 3 aromatic rings. The van der Waals surface area contributed by atoms with Crippen LogP contribution in [0.25, 0.3) is 0 Å². The lowest BCUT2D eigenvalue weighted by Crippen LogP contribution is -2.28. The third-order valence-electron chi connectivity index (χ3n) is 4.23. The van der Waals surface area contributed by atoms with Gasteiger partial charge in [-0.1, -0.05) is 48.5 Å². The topological polar surface area (TPSA) is 84.5 Å². The van der Waals surface area contributed by atoms with Gasteiger partial charge in [0.15, 0.2) is 6.61 Å². The predicted octanol–water partition coefficient (Wildman–Crippen LogP) is 3.49. The van der Waals surface area contributed by atoms with E-state index in [9.17, 15) is 13.2 Å². The number of benzene rings is 3. The minimum absolute atomic E-state index is 0.113. The standard InChI is InChI=1S/C22H22N2O4S/c1-17-7-5-6-10-21(17)24-29(26,27)20-13-11-19(12-14-20)28-16-22(25)23-15-18-8-3-2-4-9-18/h2-14,24H,15-16H2,1H3,(H,23,25). The summed E-state index contributed by atoms with van der Waals surface area (Å²) in [6, 6.07) is 22.6. The number of carbonyl (C=O) groups is 1. The molecular formula is C22H22N2O4S. The normalized spacial score (nSPS) is 10.9. The second-order valence-corrected chi connectivity index (χ2v) is 8.13. The van der Waals surface area contributed by atoms with Crippen molar-refractivity contribution < 1.29 is 17.9 Å². The zero-order valence-electron chi connectivity index (χ0n) is 16.0. The van der Waals surface area contributed by atoms with Crippen LogP contribution in [0.2, 0.25) is 0 Å². The summed E-state index contributed by atoms with van der Waals surface area (Å²) in [4.78, 5) is 12.0. The summed E-state index contributed by atoms with van der Waals surface area (Å²) in [6.07, 6.45) is 0. The van der Waals surface area contributed by atoms with Crippen LogP contribution in [0.3, 0.4) is 0 Å². The number of sulfonamides is 1. The van der Waals surface area contributed by atoms with E-state index in [4.69, 9.17) is 4.74 Å². The van der Waals surface area contributed by atoms with Gasteiger partial charge in [0.2, 0.25) is 0 Å². The number of aryl methyl sites for hydroxylation is 1. The Morgan fingerprint density at radius 3 is 2.24 bits per heavy atom. The van der Waals surface area contributed by atoms with Crippen molar-refractivity contribution >= 4 is 21.6 Å². The van der Waals surface area contributed by atoms with E-state index in [1.807, 2.05) is 49.4 Å². The molecule has 0 aliphatic rings. The van der Waals surface area contributed by atoms with Gasteiger partial charge in [-0.2, -0.15) is 0 Å². The first kappa shape index (κ1) is 20.4. The summed E-state index contributed by atoms with van der Waals surface area (Å²) in [5.41, 5.74) is 2.36. The van der Waals surface area contributed by atoms with Crippen molar-refractivity contribution in [2.24, 2.45) is 0 Å². The number of para-hydroxylation sites is 1. The molecule has 3 rings (SSSR count). The summed E-state index contributed by atoms with van der Waals surface area (Å²) in [5, 5.41) is 2.77. The van der Waals surface area contributed by atoms with Gasteiger partial charge in [0, 0.05) is 6.54 Å². The van der Waals surface area contributed by atoms with Gasteiger partial charge in [0.1, 0.15) is 5.75 Å². The number of rotatable bonds is 8. The van der Waals surface area contributed by atoms with Crippen molar-refractivity contribution in [3.63, 3.8) is 0 Å². The van der Waals surface area contributed by atoms with Crippen LogP contribution in [0.15, 0.2) is 83.8 Å². The lowest BCUT2D eigenvalue weighted by molar-refractivity contribution is -0.123. The molecule has 0 aliphatic heterocycles. The Morgan fingerprint density at radius 1 is 0.897 bits per heavy atom. The van der Waals surface area contributed by atoms with Crippen LogP contribution < -0.4 is 14.8 Å². The van der Waals surface area contributed by atoms with Crippen LogP contribution in [-0.4, -0.2) is 20.9 Å². The molecule has 0 aromatic heterocycles. The van der Waals surface area contributed by atoms with Gasteiger partial charge in [-0.05, 0) is 48.4 Å². The highest BCUT2D eigenvalue weighted by Crippen LogP contribution is 2.21. The fourth-order valence-electron chi connectivity index (χ4n) is 2.60. The zero-order valence-corrected chi connectivity index (χ0v) is 16.8. The molecule has 7 heteroatoms. The number of ether oxygens (including phenoxy) is 1. The lowest BCUT2D eigenvalue weighted by Gasteiger charge is -2.11. The molecule has 0 bridgehead atoms. The highest BCUT2D eigenvalue weighted by molar-refractivity contribution is 7.92. The van der Waals surface area contributed by atoms with Gasteiger partial charge in [0.05, 0.1) is 10.6 Å². The maximum atomic E-state index is 12.5. The number of hydrogen-bond acceptors (Lipinski definition) is 4. The first-order valence-corrected chi connectivity index (χ1v) is 10.5. The summed E-state index contributed by atoms with van der Waals surface area (Å²) >= 11 is 0. The summed E-state index contributed by atoms with van der Waals surface area (Å²) < 4.78 is 33.1. The summed E-state index contributed by atoms with van der Waals surface area (Å²) in [6.45, 7) is 2.10. The second-order valence-electron chi connectivity index (χ2n) is 6.44. The Bertz CT molecular complexity index is 1070. The molecule has 2 N–H and O–H groups in total. The molecule has 0 saturated carbocycles. The van der Waals surface area contributed by atoms with Crippen LogP contribution in [-0.2, 0) is 21.4 Å². The van der Waals surface area contributed by atoms with Gasteiger partial charge in [-0.3, -0.25) is 9.52 Å². The fourth-order valence-corrected chi connectivity index (χ4v) is 3.73. The van der Waals surface area contributed by atoms with Crippen LogP contribution >= 0.6 is 0 Å². The molecule has 0 aliphatic carbocycles. The highest BCUT2D eigenvalue weighted by atomic mass is 32.2. The highest BCUT2D eigenvalue weighted by Gasteiger charge is 2.15. The first-order valence-electron chi connectivity index (χ1n) is 9.06. The lowest BCUT2D eigenvalue weighted by atomic mass is 10.2. The van der Waals surface area contributed by atoms with Gasteiger partial charge >= 0.3 is 0 Å². The average Bonchev–Trinajstić information content (AvgIpc) is 2.73. The van der Waals surface area contributed by atoms with Crippen LogP contribution in [0.4, 0.5) is 5.69 Å². The molecule has 3 aromatic carbocycles. The van der Waals surface area contributed by atoms with Crippen LogP contribution in [0.1, 0.15) is 11.1 Å². The van der Waals surface area contributed by atoms with Gasteiger partial charge < -0.3 is 10.1 Å². The van der Waals surface area contributed by atoms with E-state index in [2.05, 4.69) is 10.0 Å². The Labute approximate surface area is 170 Å². The Kier molecular flexibility index (Phi) is 6.51. The quantitative estimate of drug-likeness (QED) is 0.595. The molecule has 29 heavy (non-hydrogen) atoms. The maximum Gasteiger partial charge on any atom is 0.261 e. The van der Waals surface area contributed by atoms with E-state index in [1.165, 1.54) is 24.3 Å². The molecule has 0 spiro atoms. The predicted molar refractivity (Wildman–Crippen MR) is 112 cm³/mol. The maximum absolute atomic E-state index is 12.5. The minimum Gasteiger partial charge on any atom is -0.484 e. The number of hydrogen-bond donors (Lipinski definition) is 2. The molecule has 0 saturated heterocycles. The Hall–Kier alpha value is -3.32. The van der Waals surface area contributed by atoms with E-state index < -0.39 is 10.0 Å². The fraction of sp³-hybridized carbons (Fsp3) is 0.136. The minimum atomic E-state index is -3.71. The third-order valence-corrected chi connectivity index (χ3v) is 5.61. The third kappa shape index (κ3) is 5.83. The Morgan fingerprint density at radius 2 is 1.55 bits per heavy atom. The van der Waals surface area contributed by atoms with Gasteiger partial charge in [-0.15, -0.1) is 0 Å². The molecule has 6 nitrogen and oxygen atoms in total. The molecule has 0 unspecified atom stereocenters. The van der Waals surface area contributed by atoms with E-state index >= 15 is 0 Å². The van der Waals surface area contributed by atoms with Crippen molar-refractivity contribution in [2.45, 2.75) is 18.4 Å². The molecular weight excluding hydrogens is 388 g/mol. The van der Waals surface area contributed by atoms with Crippen LogP contribution in [0, 0.1) is 6.92 Å². The molecule has 0 heterocycles. The Balaban J connectivity index is 1.54. The van der Waals surface area contributed by atoms with Crippen molar-refractivity contribution in [1.29, 1.82) is 0 Å². The number of amides is 1. The first-order chi connectivity index (χ1) is 13.9. The average molecular weight is 410 g/mol.